The van der Waals surface area contributed by atoms with Crippen molar-refractivity contribution >= 4 is 37.3 Å². The van der Waals surface area contributed by atoms with E-state index in [2.05, 4.69) is 20.7 Å². The van der Waals surface area contributed by atoms with Crippen LogP contribution in [0.25, 0.3) is 0 Å². The van der Waals surface area contributed by atoms with Crippen molar-refractivity contribution in [1.29, 1.82) is 0 Å². The van der Waals surface area contributed by atoms with Crippen LogP contribution in [0.5, 0.6) is 0 Å². The van der Waals surface area contributed by atoms with Crippen LogP contribution in [0.1, 0.15) is 18.9 Å². The zero-order chi connectivity index (χ0) is 12.3. The maximum absolute atomic E-state index is 11.8. The largest absolute Gasteiger partial charge is 0.393 e. The second-order valence-electron chi connectivity index (χ2n) is 3.56. The number of aliphatic hydroxyl groups excluding tert-OH is 1. The lowest BCUT2D eigenvalue weighted by atomic mass is 10.3. The van der Waals surface area contributed by atoms with E-state index in [1.165, 1.54) is 11.3 Å². The van der Waals surface area contributed by atoms with E-state index >= 15 is 0 Å². The topological polar surface area (TPSA) is 66.4 Å². The minimum absolute atomic E-state index is 0.245. The third-order valence-electron chi connectivity index (χ3n) is 1.95. The van der Waals surface area contributed by atoms with Crippen molar-refractivity contribution in [2.24, 2.45) is 0 Å². The molecule has 0 radical (unpaired) electrons. The van der Waals surface area contributed by atoms with Crippen LogP contribution >= 0.6 is 27.3 Å². The second kappa shape index (κ2) is 5.59. The van der Waals surface area contributed by atoms with Crippen molar-refractivity contribution in [3.05, 3.63) is 15.4 Å². The highest BCUT2D eigenvalue weighted by atomic mass is 79.9. The fourth-order valence-corrected chi connectivity index (χ4v) is 4.36. The Labute approximate surface area is 108 Å². The number of thiophene rings is 1. The predicted molar refractivity (Wildman–Crippen MR) is 68.2 cm³/mol. The molecular formula is C9H14BrNO3S2. The molecule has 92 valence electrons. The van der Waals surface area contributed by atoms with Crippen LogP contribution in [0.2, 0.25) is 0 Å². The number of halogens is 1. The number of aliphatic hydroxyl groups is 1. The maximum Gasteiger partial charge on any atom is 0.250 e. The van der Waals surface area contributed by atoms with Crippen LogP contribution in [0.4, 0.5) is 0 Å². The molecule has 0 aliphatic carbocycles. The fraction of sp³-hybridized carbons (Fsp3) is 0.556. The van der Waals surface area contributed by atoms with Gasteiger partial charge in [0, 0.05) is 6.54 Å². The van der Waals surface area contributed by atoms with Gasteiger partial charge in [0.2, 0.25) is 10.0 Å². The summed E-state index contributed by atoms with van der Waals surface area (Å²) in [7, 11) is -3.43. The number of aryl methyl sites for hydroxylation is 1. The number of hydrogen-bond donors (Lipinski definition) is 2. The number of sulfonamides is 1. The molecule has 0 saturated carbocycles. The molecule has 2 N–H and O–H groups in total. The van der Waals surface area contributed by atoms with Gasteiger partial charge >= 0.3 is 0 Å². The summed E-state index contributed by atoms with van der Waals surface area (Å²) in [4.78, 5) is 0. The lowest BCUT2D eigenvalue weighted by Crippen LogP contribution is -2.26. The van der Waals surface area contributed by atoms with E-state index in [-0.39, 0.29) is 6.54 Å². The molecule has 4 nitrogen and oxygen atoms in total. The summed E-state index contributed by atoms with van der Waals surface area (Å²) in [6.45, 7) is 3.71. The van der Waals surface area contributed by atoms with Crippen LogP contribution in [0, 0.1) is 6.92 Å². The molecule has 16 heavy (non-hydrogen) atoms. The Kier molecular flexibility index (Phi) is 4.93. The molecular weight excluding hydrogens is 314 g/mol. The normalized spacial score (nSPS) is 14.0. The molecule has 0 aliphatic heterocycles. The van der Waals surface area contributed by atoms with E-state index in [0.29, 0.717) is 10.6 Å². The smallest absolute Gasteiger partial charge is 0.250 e. The minimum atomic E-state index is -3.43. The van der Waals surface area contributed by atoms with Gasteiger partial charge in [-0.3, -0.25) is 0 Å². The summed E-state index contributed by atoms with van der Waals surface area (Å²) < 4.78 is 27.1. The lowest BCUT2D eigenvalue weighted by Gasteiger charge is -2.05. The van der Waals surface area contributed by atoms with Gasteiger partial charge in [0.1, 0.15) is 4.21 Å². The molecule has 1 aromatic rings. The molecule has 0 fully saturated rings. The molecule has 0 saturated heterocycles. The highest BCUT2D eigenvalue weighted by molar-refractivity contribution is 9.11. The van der Waals surface area contributed by atoms with Crippen molar-refractivity contribution < 1.29 is 13.5 Å². The predicted octanol–water partition coefficient (Wildman–Crippen LogP) is 1.87. The Bertz CT molecular complexity index is 434. The number of rotatable bonds is 5. The summed E-state index contributed by atoms with van der Waals surface area (Å²) in [5.41, 5.74) is 0.904. The van der Waals surface area contributed by atoms with Gasteiger partial charge in [0.15, 0.2) is 0 Å². The van der Waals surface area contributed by atoms with E-state index in [1.807, 2.05) is 6.92 Å². The monoisotopic (exact) mass is 327 g/mol. The molecule has 1 rings (SSSR count). The average Bonchev–Trinajstić information content (AvgIpc) is 2.46. The molecule has 1 aromatic heterocycles. The van der Waals surface area contributed by atoms with Gasteiger partial charge in [0.05, 0.1) is 9.89 Å². The molecule has 0 aliphatic rings. The Morgan fingerprint density at radius 2 is 2.25 bits per heavy atom. The summed E-state index contributed by atoms with van der Waals surface area (Å²) in [6, 6.07) is 1.62. The van der Waals surface area contributed by atoms with Gasteiger partial charge in [-0.15, -0.1) is 11.3 Å². The van der Waals surface area contributed by atoms with E-state index in [0.717, 1.165) is 9.35 Å². The summed E-state index contributed by atoms with van der Waals surface area (Å²) in [5, 5.41) is 9.03. The van der Waals surface area contributed by atoms with Crippen molar-refractivity contribution in [2.75, 3.05) is 6.54 Å². The number of hydrogen-bond acceptors (Lipinski definition) is 4. The zero-order valence-corrected chi connectivity index (χ0v) is 12.2. The van der Waals surface area contributed by atoms with Crippen molar-refractivity contribution in [3.63, 3.8) is 0 Å². The summed E-state index contributed by atoms with van der Waals surface area (Å²) in [6.07, 6.45) is -0.0930. The third-order valence-corrected chi connectivity index (χ3v) is 6.02. The van der Waals surface area contributed by atoms with Crippen LogP contribution in [0.3, 0.4) is 0 Å². The van der Waals surface area contributed by atoms with Gasteiger partial charge < -0.3 is 5.11 Å². The quantitative estimate of drug-likeness (QED) is 0.867. The first-order chi connectivity index (χ1) is 7.33. The first kappa shape index (κ1) is 14.1. The van der Waals surface area contributed by atoms with Gasteiger partial charge in [-0.25, -0.2) is 13.1 Å². The van der Waals surface area contributed by atoms with E-state index in [4.69, 9.17) is 5.11 Å². The van der Waals surface area contributed by atoms with Gasteiger partial charge in [-0.05, 0) is 47.8 Å². The molecule has 0 spiro atoms. The van der Waals surface area contributed by atoms with E-state index < -0.39 is 16.1 Å². The molecule has 0 bridgehead atoms. The second-order valence-corrected chi connectivity index (χ2v) is 7.92. The lowest BCUT2D eigenvalue weighted by molar-refractivity contribution is 0.186. The van der Waals surface area contributed by atoms with E-state index in [9.17, 15) is 8.42 Å². The van der Waals surface area contributed by atoms with Gasteiger partial charge in [0.25, 0.3) is 0 Å². The Balaban J connectivity index is 2.71. The van der Waals surface area contributed by atoms with Crippen molar-refractivity contribution in [3.8, 4) is 0 Å². The standard InChI is InChI=1S/C9H14BrNO3S2/c1-6-5-8(15-9(6)10)16(13,14)11-4-3-7(2)12/h5,7,11-12H,3-4H2,1-2H3. The molecule has 1 heterocycles. The van der Waals surface area contributed by atoms with Crippen molar-refractivity contribution in [1.82, 2.24) is 4.72 Å². The number of nitrogens with one attached hydrogen (secondary N) is 1. The maximum atomic E-state index is 11.8. The summed E-state index contributed by atoms with van der Waals surface area (Å²) in [5.74, 6) is 0. The Morgan fingerprint density at radius 3 is 2.69 bits per heavy atom. The zero-order valence-electron chi connectivity index (χ0n) is 9.03. The van der Waals surface area contributed by atoms with Gasteiger partial charge in [-0.2, -0.15) is 0 Å². The first-order valence-electron chi connectivity index (χ1n) is 4.76. The third kappa shape index (κ3) is 3.81. The fourth-order valence-electron chi connectivity index (χ4n) is 1.04. The molecule has 7 heteroatoms. The van der Waals surface area contributed by atoms with Crippen LogP contribution in [-0.2, 0) is 10.0 Å². The highest BCUT2D eigenvalue weighted by Gasteiger charge is 2.17. The minimum Gasteiger partial charge on any atom is -0.393 e. The average molecular weight is 328 g/mol. The van der Waals surface area contributed by atoms with E-state index in [1.54, 1.807) is 13.0 Å². The molecule has 1 unspecified atom stereocenters. The summed E-state index contributed by atoms with van der Waals surface area (Å²) >= 11 is 4.47. The first-order valence-corrected chi connectivity index (χ1v) is 7.86. The molecule has 0 amide bonds. The molecule has 0 aromatic carbocycles. The highest BCUT2D eigenvalue weighted by Crippen LogP contribution is 2.30. The van der Waals surface area contributed by atoms with Crippen LogP contribution < -0.4 is 4.72 Å². The van der Waals surface area contributed by atoms with Crippen LogP contribution in [-0.4, -0.2) is 26.2 Å². The van der Waals surface area contributed by atoms with Crippen LogP contribution in [0.15, 0.2) is 14.1 Å². The Morgan fingerprint density at radius 1 is 1.62 bits per heavy atom. The SMILES string of the molecule is Cc1cc(S(=O)(=O)NCCC(C)O)sc1Br. The molecule has 1 atom stereocenters. The van der Waals surface area contributed by atoms with Gasteiger partial charge in [-0.1, -0.05) is 0 Å². The Hall–Kier alpha value is 0.0500. The van der Waals surface area contributed by atoms with Crippen molar-refractivity contribution in [2.45, 2.75) is 30.6 Å².